The summed E-state index contributed by atoms with van der Waals surface area (Å²) in [6, 6.07) is 4.96. The molecule has 0 aliphatic heterocycles. The molecule has 0 spiro atoms. The number of aromatic hydroxyl groups is 1. The van der Waals surface area contributed by atoms with E-state index in [0.717, 1.165) is 38.5 Å². The maximum absolute atomic E-state index is 14.0. The molecule has 0 heterocycles. The monoisotopic (exact) mass is 689 g/mol. The molecule has 1 rings (SSSR count). The third-order valence-electron chi connectivity index (χ3n) is 7.89. The summed E-state index contributed by atoms with van der Waals surface area (Å²) in [7, 11) is 0. The van der Waals surface area contributed by atoms with Gasteiger partial charge in [-0.3, -0.25) is 9.59 Å². The number of aliphatic hydroxyl groups is 2. The topological polar surface area (TPSA) is 159 Å². The number of phenolic OH excluding ortho intramolecular Hbond substituents is 1. The predicted molar refractivity (Wildman–Crippen MR) is 191 cm³/mol. The zero-order valence-electron chi connectivity index (χ0n) is 31.0. The number of nitrogens with one attached hydrogen (secondary N) is 1. The molecule has 49 heavy (non-hydrogen) atoms. The van der Waals surface area contributed by atoms with Crippen LogP contribution in [0.5, 0.6) is 5.75 Å². The first-order valence-corrected chi connectivity index (χ1v) is 18.0. The molecule has 4 N–H and O–H groups in total. The van der Waals surface area contributed by atoms with E-state index >= 15 is 0 Å². The van der Waals surface area contributed by atoms with E-state index in [-0.39, 0.29) is 12.2 Å². The van der Waals surface area contributed by atoms with Gasteiger partial charge in [0.15, 0.2) is 5.60 Å². The van der Waals surface area contributed by atoms with E-state index in [1.54, 1.807) is 59.8 Å². The number of esters is 2. The van der Waals surface area contributed by atoms with Crippen LogP contribution in [-0.2, 0) is 35.1 Å². The molecule has 0 saturated heterocycles. The Bertz CT molecular complexity index is 1180. The lowest BCUT2D eigenvalue weighted by Crippen LogP contribution is -2.56. The highest BCUT2D eigenvalue weighted by Gasteiger charge is 2.49. The molecular weight excluding hydrogens is 626 g/mol. The lowest BCUT2D eigenvalue weighted by molar-refractivity contribution is -0.185. The van der Waals surface area contributed by atoms with Gasteiger partial charge in [0.2, 0.25) is 5.91 Å². The zero-order chi connectivity index (χ0) is 37.1. The second kappa shape index (κ2) is 21.8. The summed E-state index contributed by atoms with van der Waals surface area (Å²) in [6.07, 6.45) is 13.4. The number of rotatable bonds is 23. The molecule has 0 fully saturated rings. The van der Waals surface area contributed by atoms with Crippen LogP contribution in [0.3, 0.4) is 0 Å². The van der Waals surface area contributed by atoms with Gasteiger partial charge in [0, 0.05) is 32.3 Å². The quantitative estimate of drug-likeness (QED) is 0.0560. The van der Waals surface area contributed by atoms with E-state index in [2.05, 4.69) is 12.2 Å². The van der Waals surface area contributed by atoms with Crippen LogP contribution in [-0.4, -0.2) is 68.4 Å². The fraction of sp³-hybridized carbons (Fsp3) is 0.692. The Morgan fingerprint density at radius 3 is 1.90 bits per heavy atom. The van der Waals surface area contributed by atoms with Crippen LogP contribution < -0.4 is 5.32 Å². The summed E-state index contributed by atoms with van der Waals surface area (Å²) in [4.78, 5) is 52.8. The number of aliphatic hydroxyl groups excluding tert-OH is 1. The Labute approximate surface area is 294 Å². The van der Waals surface area contributed by atoms with Crippen molar-refractivity contribution in [1.82, 2.24) is 5.32 Å². The fourth-order valence-corrected chi connectivity index (χ4v) is 5.30. The molecule has 1 aromatic carbocycles. The van der Waals surface area contributed by atoms with Crippen molar-refractivity contribution in [3.63, 3.8) is 0 Å². The smallest absolute Gasteiger partial charge is 0.339 e. The number of carbonyl (C=O) groups excluding carboxylic acids is 4. The Morgan fingerprint density at radius 1 is 0.816 bits per heavy atom. The van der Waals surface area contributed by atoms with Crippen molar-refractivity contribution in [3.8, 4) is 5.75 Å². The number of allylic oxidation sites excluding steroid dienone is 1. The summed E-state index contributed by atoms with van der Waals surface area (Å²) in [5.41, 5.74) is -3.65. The number of ketones is 1. The number of Topliss-reactive ketones (excluding diaryl/α,β-unsaturated/α-hetero) is 1. The Balaban J connectivity index is 3.10. The van der Waals surface area contributed by atoms with Gasteiger partial charge in [0.05, 0.1) is 5.92 Å². The van der Waals surface area contributed by atoms with Crippen LogP contribution in [0, 0.1) is 5.92 Å². The molecule has 0 aliphatic carbocycles. The molecular formula is C39H63NO9. The maximum atomic E-state index is 14.0. The Morgan fingerprint density at radius 2 is 1.37 bits per heavy atom. The summed E-state index contributed by atoms with van der Waals surface area (Å²) >= 11 is 0. The van der Waals surface area contributed by atoms with Crippen molar-refractivity contribution >= 4 is 23.6 Å². The molecule has 10 heteroatoms. The standard InChI is InChI=1S/C39H63NO9/c1-8-9-10-13-16-19-30(42)20-17-14-11-12-15-18-21-32(39(47,26-27-41)36(46)49-38(5,6)7)34(44)40-33(35(45)48-37(2,3)4)28-29-22-24-31(43)25-23-29/h18,21-25,32-33,41,43,47H,8-17,19-20,26-28H2,1-7H3,(H,40,44)/b21-18+/t32-,33+,39+/m1/s1. The Hall–Kier alpha value is -3.24. The van der Waals surface area contributed by atoms with Crippen molar-refractivity contribution < 1.29 is 44.0 Å². The number of carbonyl (C=O) groups is 4. The van der Waals surface area contributed by atoms with Crippen molar-refractivity contribution in [2.75, 3.05) is 6.61 Å². The second-order valence-electron chi connectivity index (χ2n) is 14.9. The van der Waals surface area contributed by atoms with Crippen LogP contribution in [0.2, 0.25) is 0 Å². The largest absolute Gasteiger partial charge is 0.508 e. The molecule has 1 amide bonds. The first-order chi connectivity index (χ1) is 22.9. The van der Waals surface area contributed by atoms with Crippen LogP contribution in [0.25, 0.3) is 0 Å². The minimum atomic E-state index is -2.43. The van der Waals surface area contributed by atoms with Gasteiger partial charge in [-0.1, -0.05) is 69.7 Å². The minimum absolute atomic E-state index is 0.0175. The molecule has 10 nitrogen and oxygen atoms in total. The van der Waals surface area contributed by atoms with Gasteiger partial charge in [-0.2, -0.15) is 0 Å². The van der Waals surface area contributed by atoms with Gasteiger partial charge in [-0.25, -0.2) is 9.59 Å². The van der Waals surface area contributed by atoms with Crippen molar-refractivity contribution in [1.29, 1.82) is 0 Å². The highest BCUT2D eigenvalue weighted by Crippen LogP contribution is 2.29. The summed E-state index contributed by atoms with van der Waals surface area (Å²) in [6.45, 7) is 11.6. The Kier molecular flexibility index (Phi) is 19.4. The number of unbranched alkanes of at least 4 members (excludes halogenated alkanes) is 8. The number of ether oxygens (including phenoxy) is 2. The number of hydrogen-bond donors (Lipinski definition) is 4. The van der Waals surface area contributed by atoms with Crippen LogP contribution in [0.4, 0.5) is 0 Å². The number of phenols is 1. The lowest BCUT2D eigenvalue weighted by atomic mass is 9.82. The van der Waals surface area contributed by atoms with Crippen LogP contribution in [0.15, 0.2) is 36.4 Å². The lowest BCUT2D eigenvalue weighted by Gasteiger charge is -2.35. The third kappa shape index (κ3) is 18.4. The number of benzene rings is 1. The first-order valence-electron chi connectivity index (χ1n) is 18.0. The normalized spacial score (nSPS) is 14.6. The molecule has 278 valence electrons. The zero-order valence-corrected chi connectivity index (χ0v) is 31.0. The van der Waals surface area contributed by atoms with Gasteiger partial charge in [-0.15, -0.1) is 0 Å². The van der Waals surface area contributed by atoms with Crippen LogP contribution in [0.1, 0.15) is 138 Å². The van der Waals surface area contributed by atoms with E-state index in [1.807, 2.05) is 0 Å². The van der Waals surface area contributed by atoms with E-state index in [1.165, 1.54) is 37.5 Å². The van der Waals surface area contributed by atoms with Gasteiger partial charge >= 0.3 is 11.9 Å². The summed E-state index contributed by atoms with van der Waals surface area (Å²) in [5, 5.41) is 34.0. The molecule has 1 aromatic rings. The molecule has 0 bridgehead atoms. The van der Waals surface area contributed by atoms with Gasteiger partial charge in [0.1, 0.15) is 28.8 Å². The second-order valence-corrected chi connectivity index (χ2v) is 14.9. The molecule has 0 saturated carbocycles. The molecule has 0 aromatic heterocycles. The SMILES string of the molecule is CCCCCCCC(=O)CCCCCC/C=C/[C@H](C(=O)N[C@@H](Cc1ccc(O)cc1)C(=O)OC(C)(C)C)[C@@](O)(CCO)C(=O)OC(C)(C)C. The first kappa shape index (κ1) is 43.8. The van der Waals surface area contributed by atoms with Gasteiger partial charge in [-0.05, 0) is 84.9 Å². The van der Waals surface area contributed by atoms with Crippen molar-refractivity contribution in [2.45, 2.75) is 161 Å². The number of amides is 1. The van der Waals surface area contributed by atoms with E-state index in [9.17, 15) is 34.5 Å². The summed E-state index contributed by atoms with van der Waals surface area (Å²) < 4.78 is 11.1. The highest BCUT2D eigenvalue weighted by molar-refractivity contribution is 5.93. The van der Waals surface area contributed by atoms with Crippen molar-refractivity contribution in [2.24, 2.45) is 5.92 Å². The minimum Gasteiger partial charge on any atom is -0.508 e. The van der Waals surface area contributed by atoms with E-state index in [0.29, 0.717) is 30.6 Å². The van der Waals surface area contributed by atoms with Gasteiger partial charge < -0.3 is 30.1 Å². The average molecular weight is 690 g/mol. The van der Waals surface area contributed by atoms with E-state index < -0.39 is 59.6 Å². The maximum Gasteiger partial charge on any atom is 0.339 e. The molecule has 0 aliphatic rings. The molecule has 3 atom stereocenters. The average Bonchev–Trinajstić information content (AvgIpc) is 2.99. The molecule has 0 radical (unpaired) electrons. The summed E-state index contributed by atoms with van der Waals surface area (Å²) in [5.74, 6) is -3.75. The molecule has 0 unspecified atom stereocenters. The number of hydrogen-bond acceptors (Lipinski definition) is 9. The highest BCUT2D eigenvalue weighted by atomic mass is 16.6. The van der Waals surface area contributed by atoms with Gasteiger partial charge in [0.25, 0.3) is 0 Å². The fourth-order valence-electron chi connectivity index (χ4n) is 5.30. The van der Waals surface area contributed by atoms with E-state index in [4.69, 9.17) is 9.47 Å². The van der Waals surface area contributed by atoms with Crippen molar-refractivity contribution in [3.05, 3.63) is 42.0 Å². The predicted octanol–water partition coefficient (Wildman–Crippen LogP) is 6.66. The third-order valence-corrected chi connectivity index (χ3v) is 7.89. The van der Waals surface area contributed by atoms with Crippen LogP contribution >= 0.6 is 0 Å².